The second-order valence-corrected chi connectivity index (χ2v) is 8.22. The zero-order valence-corrected chi connectivity index (χ0v) is 17.5. The van der Waals surface area contributed by atoms with Gasteiger partial charge in [0.1, 0.15) is 5.75 Å². The second kappa shape index (κ2) is 9.71. The Hall–Kier alpha value is -2.37. The maximum atomic E-state index is 12.4. The van der Waals surface area contributed by atoms with Crippen molar-refractivity contribution >= 4 is 17.6 Å². The van der Waals surface area contributed by atoms with E-state index in [1.165, 1.54) is 0 Å². The zero-order valence-electron chi connectivity index (χ0n) is 17.5. The van der Waals surface area contributed by atoms with Gasteiger partial charge in [-0.2, -0.15) is 0 Å². The van der Waals surface area contributed by atoms with Crippen molar-refractivity contribution in [1.82, 2.24) is 9.80 Å². The number of rotatable bonds is 7. The molecule has 6 nitrogen and oxygen atoms in total. The summed E-state index contributed by atoms with van der Waals surface area (Å²) in [5.74, 6) is 0.786. The number of hydrogen-bond donors (Lipinski definition) is 0. The van der Waals surface area contributed by atoms with Crippen molar-refractivity contribution in [2.24, 2.45) is 5.41 Å². The van der Waals surface area contributed by atoms with E-state index in [1.54, 1.807) is 29.2 Å². The van der Waals surface area contributed by atoms with Gasteiger partial charge in [0.2, 0.25) is 11.8 Å². The van der Waals surface area contributed by atoms with Crippen molar-refractivity contribution in [2.75, 3.05) is 32.8 Å². The molecule has 1 aromatic carbocycles. The van der Waals surface area contributed by atoms with E-state index >= 15 is 0 Å². The molecule has 154 valence electrons. The molecule has 0 spiro atoms. The molecule has 0 N–H and O–H groups in total. The van der Waals surface area contributed by atoms with Gasteiger partial charge in [0.25, 0.3) is 0 Å². The number of benzene rings is 1. The molecule has 0 atom stereocenters. The number of amides is 2. The van der Waals surface area contributed by atoms with E-state index in [-0.39, 0.29) is 30.4 Å². The minimum Gasteiger partial charge on any atom is -0.494 e. The Morgan fingerprint density at radius 1 is 0.929 bits per heavy atom. The molecule has 1 heterocycles. The lowest BCUT2D eigenvalue weighted by atomic mass is 9.94. The number of ketones is 1. The maximum Gasteiger partial charge on any atom is 0.228 e. The Labute approximate surface area is 167 Å². The van der Waals surface area contributed by atoms with Crippen LogP contribution in [0, 0.1) is 5.41 Å². The molecule has 0 aliphatic carbocycles. The smallest absolute Gasteiger partial charge is 0.228 e. The van der Waals surface area contributed by atoms with Crippen LogP contribution in [0.5, 0.6) is 5.75 Å². The Morgan fingerprint density at radius 2 is 1.50 bits per heavy atom. The largest absolute Gasteiger partial charge is 0.494 e. The SMILES string of the molecule is CCCOc1ccc(C(=O)CCC(=O)N2CCN(C(=O)C(C)(C)C)CC2)cc1. The second-order valence-electron chi connectivity index (χ2n) is 8.22. The molecule has 1 fully saturated rings. The summed E-state index contributed by atoms with van der Waals surface area (Å²) in [6.45, 7) is 10.6. The molecule has 1 saturated heterocycles. The Kier molecular flexibility index (Phi) is 7.61. The number of hydrogen-bond acceptors (Lipinski definition) is 4. The molecule has 0 bridgehead atoms. The summed E-state index contributed by atoms with van der Waals surface area (Å²) >= 11 is 0. The number of piperazine rings is 1. The van der Waals surface area contributed by atoms with Crippen LogP contribution < -0.4 is 4.74 Å². The quantitative estimate of drug-likeness (QED) is 0.673. The van der Waals surface area contributed by atoms with E-state index in [2.05, 4.69) is 0 Å². The third-order valence-electron chi connectivity index (χ3n) is 4.78. The molecule has 0 radical (unpaired) electrons. The summed E-state index contributed by atoms with van der Waals surface area (Å²) in [6, 6.07) is 7.07. The van der Waals surface area contributed by atoms with Crippen LogP contribution in [0.4, 0.5) is 0 Å². The van der Waals surface area contributed by atoms with Gasteiger partial charge in [-0.15, -0.1) is 0 Å². The third kappa shape index (κ3) is 6.08. The average Bonchev–Trinajstić information content (AvgIpc) is 2.69. The van der Waals surface area contributed by atoms with Gasteiger partial charge in [-0.25, -0.2) is 0 Å². The van der Waals surface area contributed by atoms with Crippen LogP contribution in [0.3, 0.4) is 0 Å². The van der Waals surface area contributed by atoms with Crippen LogP contribution in [-0.2, 0) is 9.59 Å². The molecule has 0 saturated carbocycles. The van der Waals surface area contributed by atoms with Crippen LogP contribution in [-0.4, -0.2) is 60.2 Å². The van der Waals surface area contributed by atoms with E-state index in [9.17, 15) is 14.4 Å². The van der Waals surface area contributed by atoms with Gasteiger partial charge in [0.05, 0.1) is 6.61 Å². The molecule has 6 heteroatoms. The highest BCUT2D eigenvalue weighted by Gasteiger charge is 2.30. The van der Waals surface area contributed by atoms with E-state index in [1.807, 2.05) is 32.6 Å². The summed E-state index contributed by atoms with van der Waals surface area (Å²) in [7, 11) is 0. The number of carbonyl (C=O) groups is 3. The van der Waals surface area contributed by atoms with Gasteiger partial charge in [-0.3, -0.25) is 14.4 Å². The van der Waals surface area contributed by atoms with Crippen LogP contribution in [0.15, 0.2) is 24.3 Å². The van der Waals surface area contributed by atoms with Crippen LogP contribution >= 0.6 is 0 Å². The number of ether oxygens (including phenoxy) is 1. The predicted octanol–water partition coefficient (Wildman–Crippen LogP) is 3.16. The summed E-state index contributed by atoms with van der Waals surface area (Å²) in [4.78, 5) is 40.7. The minimum absolute atomic E-state index is 0.0286. The topological polar surface area (TPSA) is 66.9 Å². The van der Waals surface area contributed by atoms with Crippen molar-refractivity contribution in [2.45, 2.75) is 47.0 Å². The average molecular weight is 389 g/mol. The molecular weight excluding hydrogens is 356 g/mol. The fourth-order valence-electron chi connectivity index (χ4n) is 3.11. The third-order valence-corrected chi connectivity index (χ3v) is 4.78. The lowest BCUT2D eigenvalue weighted by molar-refractivity contribution is -0.144. The number of Topliss-reactive ketones (excluding diaryl/α,β-unsaturated/α-hetero) is 1. The van der Waals surface area contributed by atoms with Gasteiger partial charge < -0.3 is 14.5 Å². The zero-order chi connectivity index (χ0) is 20.7. The van der Waals surface area contributed by atoms with E-state index in [0.29, 0.717) is 38.3 Å². The monoisotopic (exact) mass is 388 g/mol. The Morgan fingerprint density at radius 3 is 2.04 bits per heavy atom. The predicted molar refractivity (Wildman–Crippen MR) is 108 cm³/mol. The molecule has 0 unspecified atom stereocenters. The summed E-state index contributed by atoms with van der Waals surface area (Å²) in [6.07, 6.45) is 1.32. The lowest BCUT2D eigenvalue weighted by Gasteiger charge is -2.37. The first-order valence-corrected chi connectivity index (χ1v) is 10.1. The van der Waals surface area contributed by atoms with E-state index in [4.69, 9.17) is 4.74 Å². The van der Waals surface area contributed by atoms with Crippen LogP contribution in [0.25, 0.3) is 0 Å². The molecule has 2 amide bonds. The molecule has 0 aromatic heterocycles. The standard InChI is InChI=1S/C22H32N2O4/c1-5-16-28-18-8-6-17(7-9-18)19(25)10-11-20(26)23-12-14-24(15-13-23)21(27)22(2,3)4/h6-9H,5,10-16H2,1-4H3. The summed E-state index contributed by atoms with van der Waals surface area (Å²) < 4.78 is 5.51. The fourth-order valence-corrected chi connectivity index (χ4v) is 3.11. The van der Waals surface area contributed by atoms with Crippen molar-refractivity contribution in [1.29, 1.82) is 0 Å². The van der Waals surface area contributed by atoms with Crippen molar-refractivity contribution in [3.63, 3.8) is 0 Å². The van der Waals surface area contributed by atoms with Gasteiger partial charge >= 0.3 is 0 Å². The van der Waals surface area contributed by atoms with Crippen LogP contribution in [0.2, 0.25) is 0 Å². The van der Waals surface area contributed by atoms with Gasteiger partial charge in [0, 0.05) is 50.0 Å². The first-order valence-electron chi connectivity index (χ1n) is 10.1. The minimum atomic E-state index is -0.407. The van der Waals surface area contributed by atoms with E-state index in [0.717, 1.165) is 12.2 Å². The first kappa shape index (κ1) is 21.9. The lowest BCUT2D eigenvalue weighted by Crippen LogP contribution is -2.53. The van der Waals surface area contributed by atoms with Gasteiger partial charge in [0.15, 0.2) is 5.78 Å². The van der Waals surface area contributed by atoms with Crippen LogP contribution in [0.1, 0.15) is 57.3 Å². The maximum absolute atomic E-state index is 12.4. The van der Waals surface area contributed by atoms with E-state index < -0.39 is 5.41 Å². The van der Waals surface area contributed by atoms with Gasteiger partial charge in [-0.05, 0) is 30.7 Å². The molecule has 1 aromatic rings. The molecule has 1 aliphatic rings. The molecule has 1 aliphatic heterocycles. The normalized spacial score (nSPS) is 14.7. The van der Waals surface area contributed by atoms with Gasteiger partial charge in [-0.1, -0.05) is 27.7 Å². The first-order chi connectivity index (χ1) is 13.2. The Balaban J connectivity index is 1.78. The molecule has 28 heavy (non-hydrogen) atoms. The molecular formula is C22H32N2O4. The highest BCUT2D eigenvalue weighted by molar-refractivity contribution is 5.98. The van der Waals surface area contributed by atoms with Crippen molar-refractivity contribution in [3.05, 3.63) is 29.8 Å². The van der Waals surface area contributed by atoms with Crippen molar-refractivity contribution in [3.8, 4) is 5.75 Å². The Bertz CT molecular complexity index is 683. The number of carbonyl (C=O) groups excluding carboxylic acids is 3. The number of nitrogens with zero attached hydrogens (tertiary/aromatic N) is 2. The highest BCUT2D eigenvalue weighted by Crippen LogP contribution is 2.19. The summed E-state index contributed by atoms with van der Waals surface area (Å²) in [5, 5.41) is 0. The highest BCUT2D eigenvalue weighted by atomic mass is 16.5. The summed E-state index contributed by atoms with van der Waals surface area (Å²) in [5.41, 5.74) is 0.188. The fraction of sp³-hybridized carbons (Fsp3) is 0.591. The van der Waals surface area contributed by atoms with Crippen molar-refractivity contribution < 1.29 is 19.1 Å². The molecule has 2 rings (SSSR count).